The first-order valence-corrected chi connectivity index (χ1v) is 5.25. The summed E-state index contributed by atoms with van der Waals surface area (Å²) in [6.07, 6.45) is 1.32. The lowest BCUT2D eigenvalue weighted by molar-refractivity contribution is -0.389. The lowest BCUT2D eigenvalue weighted by Gasteiger charge is -2.05. The first kappa shape index (κ1) is 11.8. The van der Waals surface area contributed by atoms with Gasteiger partial charge in [-0.25, -0.2) is 0 Å². The highest BCUT2D eigenvalue weighted by Crippen LogP contribution is 2.23. The van der Waals surface area contributed by atoms with Crippen molar-refractivity contribution >= 4 is 11.5 Å². The van der Waals surface area contributed by atoms with Gasteiger partial charge in [-0.15, -0.1) is 0 Å². The zero-order valence-electron chi connectivity index (χ0n) is 9.66. The molecule has 6 heteroatoms. The second-order valence-electron chi connectivity index (χ2n) is 3.49. The molecule has 1 aromatic carbocycles. The smallest absolute Gasteiger partial charge is 0.363 e. The van der Waals surface area contributed by atoms with Gasteiger partial charge in [-0.05, 0) is 40.2 Å². The van der Waals surface area contributed by atoms with Crippen molar-refractivity contribution in [2.24, 2.45) is 0 Å². The van der Waals surface area contributed by atoms with Crippen LogP contribution < -0.4 is 10.1 Å². The first-order chi connectivity index (χ1) is 8.69. The Hall–Kier alpha value is -2.63. The average molecular weight is 245 g/mol. The number of aromatic nitrogens is 1. The van der Waals surface area contributed by atoms with Gasteiger partial charge in [0.2, 0.25) is 0 Å². The first-order valence-electron chi connectivity index (χ1n) is 5.25. The maximum absolute atomic E-state index is 10.4. The lowest BCUT2D eigenvalue weighted by atomic mass is 10.3. The molecular weight excluding hydrogens is 234 g/mol. The van der Waals surface area contributed by atoms with E-state index in [0.717, 1.165) is 5.69 Å². The molecule has 0 aliphatic heterocycles. The fourth-order valence-corrected chi connectivity index (χ4v) is 1.37. The fraction of sp³-hybridized carbons (Fsp3) is 0.0833. The molecule has 0 unspecified atom stereocenters. The third-order valence-corrected chi connectivity index (χ3v) is 2.29. The van der Waals surface area contributed by atoms with E-state index in [1.54, 1.807) is 12.1 Å². The Labute approximate surface area is 103 Å². The monoisotopic (exact) mass is 245 g/mol. The summed E-state index contributed by atoms with van der Waals surface area (Å²) in [4.78, 5) is 13.6. The second kappa shape index (κ2) is 5.13. The number of hydrogen-bond donors (Lipinski definition) is 1. The molecule has 0 amide bonds. The molecule has 0 aliphatic carbocycles. The number of benzene rings is 1. The van der Waals surface area contributed by atoms with Crippen molar-refractivity contribution in [1.82, 2.24) is 4.98 Å². The summed E-state index contributed by atoms with van der Waals surface area (Å²) in [5.41, 5.74) is 0.976. The van der Waals surface area contributed by atoms with Crippen LogP contribution in [0.1, 0.15) is 0 Å². The van der Waals surface area contributed by atoms with E-state index < -0.39 is 4.92 Å². The minimum absolute atomic E-state index is 0.201. The van der Waals surface area contributed by atoms with E-state index in [1.807, 2.05) is 19.2 Å². The molecule has 18 heavy (non-hydrogen) atoms. The van der Waals surface area contributed by atoms with E-state index in [9.17, 15) is 10.1 Å². The molecule has 1 aromatic heterocycles. The summed E-state index contributed by atoms with van der Waals surface area (Å²) in [6.45, 7) is 0. The molecule has 1 heterocycles. The van der Waals surface area contributed by atoms with Gasteiger partial charge in [-0.2, -0.15) is 0 Å². The lowest BCUT2D eigenvalue weighted by Crippen LogP contribution is -1.92. The van der Waals surface area contributed by atoms with Gasteiger partial charge in [0.1, 0.15) is 5.75 Å². The van der Waals surface area contributed by atoms with Crippen LogP contribution in [0.2, 0.25) is 0 Å². The van der Waals surface area contributed by atoms with Crippen molar-refractivity contribution in [3.8, 4) is 11.5 Å². The van der Waals surface area contributed by atoms with Crippen molar-refractivity contribution in [3.63, 3.8) is 0 Å². The summed E-state index contributed by atoms with van der Waals surface area (Å²) in [7, 11) is 1.83. The minimum atomic E-state index is -0.550. The Morgan fingerprint density at radius 3 is 2.33 bits per heavy atom. The second-order valence-corrected chi connectivity index (χ2v) is 3.49. The van der Waals surface area contributed by atoms with Crippen LogP contribution in [0.15, 0.2) is 42.6 Å². The summed E-state index contributed by atoms with van der Waals surface area (Å²) in [6, 6.07) is 10.2. The molecular formula is C12H11N3O3. The number of nitrogens with zero attached hydrogens (tertiary/aromatic N) is 2. The molecule has 92 valence electrons. The number of anilines is 1. The van der Waals surface area contributed by atoms with Gasteiger partial charge >= 0.3 is 5.82 Å². The van der Waals surface area contributed by atoms with Gasteiger partial charge in [0.25, 0.3) is 0 Å². The molecule has 0 spiro atoms. The molecule has 1 N–H and O–H groups in total. The van der Waals surface area contributed by atoms with Crippen LogP contribution in [0.3, 0.4) is 0 Å². The van der Waals surface area contributed by atoms with E-state index in [2.05, 4.69) is 10.3 Å². The van der Waals surface area contributed by atoms with Crippen LogP contribution in [-0.2, 0) is 0 Å². The normalized spacial score (nSPS) is 9.83. The highest BCUT2D eigenvalue weighted by molar-refractivity contribution is 5.46. The van der Waals surface area contributed by atoms with Gasteiger partial charge < -0.3 is 20.2 Å². The van der Waals surface area contributed by atoms with Crippen molar-refractivity contribution in [1.29, 1.82) is 0 Å². The zero-order chi connectivity index (χ0) is 13.0. The molecule has 0 bridgehead atoms. The van der Waals surface area contributed by atoms with Crippen molar-refractivity contribution < 1.29 is 9.66 Å². The van der Waals surface area contributed by atoms with Crippen LogP contribution >= 0.6 is 0 Å². The summed E-state index contributed by atoms with van der Waals surface area (Å²) in [5, 5.41) is 13.4. The Balaban J connectivity index is 2.10. The average Bonchev–Trinajstić information content (AvgIpc) is 2.40. The van der Waals surface area contributed by atoms with E-state index >= 15 is 0 Å². The van der Waals surface area contributed by atoms with Gasteiger partial charge in [-0.1, -0.05) is 0 Å². The molecule has 6 nitrogen and oxygen atoms in total. The molecule has 0 saturated heterocycles. The predicted octanol–water partition coefficient (Wildman–Crippen LogP) is 2.82. The standard InChI is InChI=1S/C12H11N3O3/c1-13-9-2-4-10(5-3-9)18-11-6-7-12(14-8-11)15(16)17/h2-8,13H,1H3. The molecule has 0 fully saturated rings. The Bertz CT molecular complexity index is 537. The van der Waals surface area contributed by atoms with Gasteiger partial charge in [-0.3, -0.25) is 0 Å². The number of pyridine rings is 1. The maximum atomic E-state index is 10.4. The minimum Gasteiger partial charge on any atom is -0.453 e. The van der Waals surface area contributed by atoms with Crippen molar-refractivity contribution in [3.05, 3.63) is 52.7 Å². The van der Waals surface area contributed by atoms with Crippen molar-refractivity contribution in [2.75, 3.05) is 12.4 Å². The quantitative estimate of drug-likeness (QED) is 0.662. The molecule has 0 radical (unpaired) electrons. The van der Waals surface area contributed by atoms with Crippen LogP contribution in [-0.4, -0.2) is 17.0 Å². The van der Waals surface area contributed by atoms with E-state index in [-0.39, 0.29) is 5.82 Å². The SMILES string of the molecule is CNc1ccc(Oc2ccc([N+](=O)[O-])nc2)cc1. The highest BCUT2D eigenvalue weighted by Gasteiger charge is 2.07. The highest BCUT2D eigenvalue weighted by atomic mass is 16.6. The van der Waals surface area contributed by atoms with E-state index in [4.69, 9.17) is 4.74 Å². The largest absolute Gasteiger partial charge is 0.453 e. The van der Waals surface area contributed by atoms with Gasteiger partial charge in [0.15, 0.2) is 11.9 Å². The molecule has 0 atom stereocenters. The maximum Gasteiger partial charge on any atom is 0.363 e. The van der Waals surface area contributed by atoms with Crippen LogP contribution in [0, 0.1) is 10.1 Å². The number of hydrogen-bond acceptors (Lipinski definition) is 5. The van der Waals surface area contributed by atoms with Crippen molar-refractivity contribution in [2.45, 2.75) is 0 Å². The third kappa shape index (κ3) is 2.73. The summed E-state index contributed by atoms with van der Waals surface area (Å²) >= 11 is 0. The van der Waals surface area contributed by atoms with E-state index in [1.165, 1.54) is 18.3 Å². The fourth-order valence-electron chi connectivity index (χ4n) is 1.37. The molecule has 2 rings (SSSR count). The third-order valence-electron chi connectivity index (χ3n) is 2.29. The Morgan fingerprint density at radius 2 is 1.83 bits per heavy atom. The Morgan fingerprint density at radius 1 is 1.17 bits per heavy atom. The molecule has 0 saturated carbocycles. The molecule has 0 aliphatic rings. The summed E-state index contributed by atoms with van der Waals surface area (Å²) < 4.78 is 5.50. The van der Waals surface area contributed by atoms with Gasteiger partial charge in [0.05, 0.1) is 0 Å². The zero-order valence-corrected chi connectivity index (χ0v) is 9.66. The predicted molar refractivity (Wildman–Crippen MR) is 67.0 cm³/mol. The number of nitrogens with one attached hydrogen (secondary N) is 1. The topological polar surface area (TPSA) is 77.3 Å². The number of rotatable bonds is 4. The van der Waals surface area contributed by atoms with E-state index in [0.29, 0.717) is 11.5 Å². The molecule has 2 aromatic rings. The summed E-state index contributed by atoms with van der Waals surface area (Å²) in [5.74, 6) is 0.898. The van der Waals surface area contributed by atoms with Gasteiger partial charge in [0, 0.05) is 18.8 Å². The number of nitro groups is 1. The van der Waals surface area contributed by atoms with Crippen LogP contribution in [0.25, 0.3) is 0 Å². The van der Waals surface area contributed by atoms with Crippen LogP contribution in [0.5, 0.6) is 11.5 Å². The Kier molecular flexibility index (Phi) is 3.38. The number of ether oxygens (including phenoxy) is 1. The van der Waals surface area contributed by atoms with Crippen LogP contribution in [0.4, 0.5) is 11.5 Å².